The molecule has 9 atom stereocenters. The Morgan fingerprint density at radius 3 is 2.31 bits per heavy atom. The first kappa shape index (κ1) is 34.6. The Morgan fingerprint density at radius 2 is 1.72 bits per heavy atom. The number of alkyl halides is 1. The molecule has 2 aliphatic rings. The maximum atomic E-state index is 13.2. The lowest BCUT2D eigenvalue weighted by Gasteiger charge is -2.45. The van der Waals surface area contributed by atoms with Crippen molar-refractivity contribution in [1.29, 1.82) is 0 Å². The predicted octanol–water partition coefficient (Wildman–Crippen LogP) is 4.47. The van der Waals surface area contributed by atoms with E-state index in [2.05, 4.69) is 24.1 Å². The topological polar surface area (TPSA) is 108 Å². The highest BCUT2D eigenvalue weighted by molar-refractivity contribution is 7.99. The molecule has 9 unspecified atom stereocenters. The molecule has 2 heterocycles. The van der Waals surface area contributed by atoms with E-state index in [4.69, 9.17) is 21.1 Å². The summed E-state index contributed by atoms with van der Waals surface area (Å²) in [5.74, 6) is -0.0820. The number of esters is 1. The second-order valence-corrected chi connectivity index (χ2v) is 13.0. The molecule has 228 valence electrons. The molecule has 0 bridgehead atoms. The molecule has 0 aliphatic carbocycles. The monoisotopic (exact) mass is 592 g/mol. The Hall–Kier alpha value is -0.580. The van der Waals surface area contributed by atoms with Gasteiger partial charge in [-0.1, -0.05) is 65.2 Å². The van der Waals surface area contributed by atoms with Crippen LogP contribution in [0, 0.1) is 5.92 Å². The highest BCUT2D eigenvalue weighted by atomic mass is 35.5. The smallest absolute Gasteiger partial charge is 0.306 e. The van der Waals surface area contributed by atoms with Gasteiger partial charge in [-0.2, -0.15) is 0 Å². The van der Waals surface area contributed by atoms with Crippen LogP contribution in [-0.4, -0.2) is 94.2 Å². The summed E-state index contributed by atoms with van der Waals surface area (Å²) in [4.78, 5) is 27.9. The van der Waals surface area contributed by atoms with Gasteiger partial charge in [0.15, 0.2) is 6.10 Å². The van der Waals surface area contributed by atoms with Crippen molar-refractivity contribution in [1.82, 2.24) is 10.2 Å². The van der Waals surface area contributed by atoms with Crippen molar-refractivity contribution < 1.29 is 29.3 Å². The number of ether oxygens (including phenoxy) is 2. The predicted molar refractivity (Wildman–Crippen MR) is 158 cm³/mol. The summed E-state index contributed by atoms with van der Waals surface area (Å²) in [6, 6.07) is -1.00. The van der Waals surface area contributed by atoms with E-state index < -0.39 is 47.2 Å². The Bertz CT molecular complexity index is 730. The second-order valence-electron chi connectivity index (χ2n) is 11.4. The van der Waals surface area contributed by atoms with Crippen LogP contribution in [0.4, 0.5) is 0 Å². The quantitative estimate of drug-likeness (QED) is 0.129. The minimum Gasteiger partial charge on any atom is -0.456 e. The standard InChI is InChI=1S/C29H53ClN2O6S/c1-6-8-9-10-11-12-13-14-16-22(33)37-27-25(35)24(34)26(38-29(27)39-5)23(19(3)30)31-28(36)21-17-20(15-7-2)18-32(21)4/h19-21,23-27,29,34-35H,6-18H2,1-5H3,(H,31,36). The molecular formula is C29H53ClN2O6S. The first-order valence-electron chi connectivity index (χ1n) is 15.0. The minimum atomic E-state index is -1.38. The third kappa shape index (κ3) is 10.6. The van der Waals surface area contributed by atoms with Crippen molar-refractivity contribution in [2.75, 3.05) is 19.8 Å². The number of halogens is 1. The maximum Gasteiger partial charge on any atom is 0.306 e. The number of carbonyl (C=O) groups is 2. The van der Waals surface area contributed by atoms with Crippen LogP contribution in [0.25, 0.3) is 0 Å². The summed E-state index contributed by atoms with van der Waals surface area (Å²) in [5.41, 5.74) is -0.700. The van der Waals surface area contributed by atoms with Gasteiger partial charge in [-0.25, -0.2) is 0 Å². The van der Waals surface area contributed by atoms with E-state index in [1.54, 1.807) is 13.2 Å². The number of nitrogens with one attached hydrogen (secondary N) is 1. The Morgan fingerprint density at radius 1 is 1.08 bits per heavy atom. The zero-order valence-electron chi connectivity index (χ0n) is 24.6. The molecule has 0 aromatic heterocycles. The number of aliphatic hydroxyl groups is 2. The lowest BCUT2D eigenvalue weighted by atomic mass is 9.92. The molecule has 0 radical (unpaired) electrons. The molecule has 1 amide bonds. The molecule has 2 aliphatic heterocycles. The van der Waals surface area contributed by atoms with E-state index in [1.807, 2.05) is 7.05 Å². The van der Waals surface area contributed by atoms with Crippen LogP contribution in [0.5, 0.6) is 0 Å². The molecule has 0 aromatic carbocycles. The number of nitrogens with zero attached hydrogens (tertiary/aromatic N) is 1. The molecular weight excluding hydrogens is 540 g/mol. The van der Waals surface area contributed by atoms with Crippen molar-refractivity contribution in [3.8, 4) is 0 Å². The van der Waals surface area contributed by atoms with E-state index in [1.165, 1.54) is 43.9 Å². The molecule has 2 saturated heterocycles. The summed E-state index contributed by atoms with van der Waals surface area (Å²) < 4.78 is 11.8. The van der Waals surface area contributed by atoms with Crippen molar-refractivity contribution in [2.24, 2.45) is 5.92 Å². The molecule has 2 fully saturated rings. The average molecular weight is 593 g/mol. The Balaban J connectivity index is 1.92. The summed E-state index contributed by atoms with van der Waals surface area (Å²) in [6.07, 6.45) is 9.28. The summed E-state index contributed by atoms with van der Waals surface area (Å²) in [6.45, 7) is 6.95. The number of likely N-dealkylation sites (tertiary alicyclic amines) is 1. The van der Waals surface area contributed by atoms with Crippen molar-refractivity contribution in [3.05, 3.63) is 0 Å². The molecule has 10 heteroatoms. The SMILES string of the molecule is CCCCCCCCCCC(=O)OC1C(SC)OC(C(NC(=O)C2CC(CCC)CN2C)C(C)Cl)C(O)C1O. The van der Waals surface area contributed by atoms with Gasteiger partial charge < -0.3 is 25.0 Å². The van der Waals surface area contributed by atoms with Gasteiger partial charge in [-0.3, -0.25) is 14.5 Å². The number of unbranched alkanes of at least 4 members (excludes halogenated alkanes) is 7. The fraction of sp³-hybridized carbons (Fsp3) is 0.931. The van der Waals surface area contributed by atoms with E-state index in [0.29, 0.717) is 5.92 Å². The first-order valence-corrected chi connectivity index (χ1v) is 16.7. The number of aliphatic hydroxyl groups excluding tert-OH is 2. The van der Waals surface area contributed by atoms with Gasteiger partial charge in [0.25, 0.3) is 0 Å². The van der Waals surface area contributed by atoms with Crippen molar-refractivity contribution in [3.63, 3.8) is 0 Å². The molecule has 0 spiro atoms. The lowest BCUT2D eigenvalue weighted by molar-refractivity contribution is -0.218. The number of likely N-dealkylation sites (N-methyl/N-ethyl adjacent to an activating group) is 1. The Labute approximate surface area is 245 Å². The maximum absolute atomic E-state index is 13.2. The van der Waals surface area contributed by atoms with Crippen molar-refractivity contribution >= 4 is 35.2 Å². The zero-order chi connectivity index (χ0) is 28.9. The highest BCUT2D eigenvalue weighted by Gasteiger charge is 2.50. The van der Waals surface area contributed by atoms with Crippen LogP contribution in [0.2, 0.25) is 0 Å². The van der Waals surface area contributed by atoms with Crippen LogP contribution in [-0.2, 0) is 19.1 Å². The largest absolute Gasteiger partial charge is 0.456 e. The summed E-state index contributed by atoms with van der Waals surface area (Å²) in [5, 5.41) is 24.5. The number of hydrogen-bond donors (Lipinski definition) is 3. The Kier molecular flexibility index (Phi) is 16.0. The molecule has 8 nitrogen and oxygen atoms in total. The molecule has 39 heavy (non-hydrogen) atoms. The van der Waals surface area contributed by atoms with Gasteiger partial charge in [-0.05, 0) is 45.4 Å². The van der Waals surface area contributed by atoms with E-state index in [9.17, 15) is 19.8 Å². The molecule has 0 saturated carbocycles. The van der Waals surface area contributed by atoms with Crippen LogP contribution in [0.15, 0.2) is 0 Å². The summed E-state index contributed by atoms with van der Waals surface area (Å²) >= 11 is 7.78. The van der Waals surface area contributed by atoms with Crippen LogP contribution in [0.1, 0.15) is 97.8 Å². The van der Waals surface area contributed by atoms with Crippen LogP contribution < -0.4 is 5.32 Å². The third-order valence-electron chi connectivity index (χ3n) is 8.11. The average Bonchev–Trinajstić information content (AvgIpc) is 3.27. The van der Waals surface area contributed by atoms with Crippen LogP contribution in [0.3, 0.4) is 0 Å². The number of rotatable bonds is 17. The summed E-state index contributed by atoms with van der Waals surface area (Å²) in [7, 11) is 1.95. The number of carbonyl (C=O) groups excluding carboxylic acids is 2. The number of hydrogen-bond acceptors (Lipinski definition) is 8. The second kappa shape index (κ2) is 18.1. The fourth-order valence-electron chi connectivity index (χ4n) is 5.84. The molecule has 3 N–H and O–H groups in total. The van der Waals surface area contributed by atoms with Gasteiger partial charge in [0.2, 0.25) is 5.91 Å². The number of amides is 1. The zero-order valence-corrected chi connectivity index (χ0v) is 26.2. The van der Waals surface area contributed by atoms with Gasteiger partial charge in [0.05, 0.1) is 17.5 Å². The lowest BCUT2D eigenvalue weighted by Crippen LogP contribution is -2.65. The number of thioether (sulfide) groups is 1. The minimum absolute atomic E-state index is 0.154. The van der Waals surface area contributed by atoms with Gasteiger partial charge in [-0.15, -0.1) is 23.4 Å². The molecule has 2 rings (SSSR count). The van der Waals surface area contributed by atoms with E-state index in [0.717, 1.165) is 45.1 Å². The third-order valence-corrected chi connectivity index (χ3v) is 9.22. The highest BCUT2D eigenvalue weighted by Crippen LogP contribution is 2.33. The normalized spacial score (nSPS) is 31.1. The first-order chi connectivity index (χ1) is 18.6. The van der Waals surface area contributed by atoms with E-state index >= 15 is 0 Å². The van der Waals surface area contributed by atoms with E-state index in [-0.39, 0.29) is 18.4 Å². The van der Waals surface area contributed by atoms with Crippen molar-refractivity contribution in [2.45, 2.75) is 145 Å². The fourth-order valence-corrected chi connectivity index (χ4v) is 6.77. The molecule has 0 aromatic rings. The van der Waals surface area contributed by atoms with Gasteiger partial charge in [0, 0.05) is 13.0 Å². The van der Waals surface area contributed by atoms with Crippen LogP contribution >= 0.6 is 23.4 Å². The van der Waals surface area contributed by atoms with Gasteiger partial charge in [0.1, 0.15) is 23.7 Å². The van der Waals surface area contributed by atoms with Gasteiger partial charge >= 0.3 is 5.97 Å².